The van der Waals surface area contributed by atoms with Crippen LogP contribution in [0, 0.1) is 5.82 Å². The lowest BCUT2D eigenvalue weighted by Crippen LogP contribution is -2.30. The molecule has 5 rings (SSSR count). The maximum atomic E-state index is 14.7. The molecule has 0 aliphatic carbocycles. The van der Waals surface area contributed by atoms with Gasteiger partial charge in [0.05, 0.1) is 23.5 Å². The van der Waals surface area contributed by atoms with E-state index in [0.29, 0.717) is 17.3 Å². The van der Waals surface area contributed by atoms with Crippen LogP contribution in [0.5, 0.6) is 0 Å². The van der Waals surface area contributed by atoms with Crippen LogP contribution in [0.15, 0.2) is 97.3 Å². The highest BCUT2D eigenvalue weighted by Gasteiger charge is 2.41. The first-order chi connectivity index (χ1) is 15.2. The number of halogens is 1. The van der Waals surface area contributed by atoms with Crippen molar-refractivity contribution in [3.05, 3.63) is 120 Å². The van der Waals surface area contributed by atoms with Gasteiger partial charge in [-0.25, -0.2) is 4.39 Å². The summed E-state index contributed by atoms with van der Waals surface area (Å²) in [6.07, 6.45) is 3.68. The predicted octanol–water partition coefficient (Wildman–Crippen LogP) is 5.18. The molecule has 1 aliphatic rings. The average Bonchev–Trinajstić information content (AvgIpc) is 3.40. The second-order valence-corrected chi connectivity index (χ2v) is 7.88. The van der Waals surface area contributed by atoms with Gasteiger partial charge in [-0.15, -0.1) is 0 Å². The minimum atomic E-state index is -0.266. The predicted molar refractivity (Wildman–Crippen MR) is 123 cm³/mol. The Balaban J connectivity index is 1.62. The van der Waals surface area contributed by atoms with Crippen LogP contribution in [-0.4, -0.2) is 19.6 Å². The zero-order valence-electron chi connectivity index (χ0n) is 16.7. The largest absolute Gasteiger partial charge is 0.352 e. The molecule has 3 heterocycles. The third-order valence-electron chi connectivity index (χ3n) is 5.59. The molecule has 0 radical (unpaired) electrons. The van der Waals surface area contributed by atoms with Crippen LogP contribution in [-0.2, 0) is 6.54 Å². The number of nitrogens with zero attached hydrogens (tertiary/aromatic N) is 3. The van der Waals surface area contributed by atoms with Gasteiger partial charge >= 0.3 is 0 Å². The molecule has 154 valence electrons. The Labute approximate surface area is 186 Å². The van der Waals surface area contributed by atoms with Crippen LogP contribution in [0.4, 0.5) is 4.39 Å². The van der Waals surface area contributed by atoms with Gasteiger partial charge in [0.2, 0.25) is 0 Å². The van der Waals surface area contributed by atoms with Gasteiger partial charge in [-0.1, -0.05) is 48.5 Å². The molecule has 0 saturated carbocycles. The van der Waals surface area contributed by atoms with Gasteiger partial charge in [-0.3, -0.25) is 4.98 Å². The number of pyridine rings is 1. The highest BCUT2D eigenvalue weighted by Crippen LogP contribution is 2.40. The number of thiocarbonyl (C=S) groups is 1. The minimum absolute atomic E-state index is 0.155. The summed E-state index contributed by atoms with van der Waals surface area (Å²) in [4.78, 5) is 6.75. The van der Waals surface area contributed by atoms with Crippen molar-refractivity contribution in [1.82, 2.24) is 19.8 Å². The Hall–Kier alpha value is -3.51. The number of nitrogens with one attached hydrogen (secondary N) is 1. The van der Waals surface area contributed by atoms with Gasteiger partial charge in [-0.2, -0.15) is 0 Å². The number of hydrogen-bond acceptors (Lipinski definition) is 2. The molecule has 1 aliphatic heterocycles. The molecule has 2 atom stereocenters. The van der Waals surface area contributed by atoms with Crippen LogP contribution in [0.3, 0.4) is 0 Å². The summed E-state index contributed by atoms with van der Waals surface area (Å²) in [5.41, 5.74) is 3.51. The second-order valence-electron chi connectivity index (χ2n) is 7.49. The standard InChI is InChI=1S/C25H21FN4S/c26-19-11-4-5-13-21(19)29-16-8-14-22(29)24-23(20-12-6-7-15-27-20)28-25(31)30(24)17-18-9-2-1-3-10-18/h1-16,23-24H,17H2,(H,28,31)/t23-,24-/m1/s1. The zero-order chi connectivity index (χ0) is 21.2. The van der Waals surface area contributed by atoms with E-state index >= 15 is 0 Å². The summed E-state index contributed by atoms with van der Waals surface area (Å²) in [6, 6.07) is 26.6. The summed E-state index contributed by atoms with van der Waals surface area (Å²) >= 11 is 5.76. The Bertz CT molecular complexity index is 1190. The molecule has 0 spiro atoms. The van der Waals surface area contributed by atoms with Crippen LogP contribution < -0.4 is 5.32 Å². The fraction of sp³-hybridized carbons (Fsp3) is 0.120. The van der Waals surface area contributed by atoms with Gasteiger partial charge in [0.1, 0.15) is 5.82 Å². The third kappa shape index (κ3) is 3.70. The van der Waals surface area contributed by atoms with Gasteiger partial charge in [0, 0.05) is 24.6 Å². The van der Waals surface area contributed by atoms with Crippen molar-refractivity contribution in [3.63, 3.8) is 0 Å². The molecule has 0 bridgehead atoms. The Morgan fingerprint density at radius 2 is 1.68 bits per heavy atom. The summed E-state index contributed by atoms with van der Waals surface area (Å²) in [5.74, 6) is -0.266. The topological polar surface area (TPSA) is 33.1 Å². The second kappa shape index (κ2) is 8.32. The first-order valence-electron chi connectivity index (χ1n) is 10.2. The highest BCUT2D eigenvalue weighted by atomic mass is 32.1. The summed E-state index contributed by atoms with van der Waals surface area (Å²) in [5, 5.41) is 4.12. The molecular weight excluding hydrogens is 407 g/mol. The van der Waals surface area contributed by atoms with Crippen molar-refractivity contribution in [2.24, 2.45) is 0 Å². The monoisotopic (exact) mass is 428 g/mol. The van der Waals surface area contributed by atoms with Gasteiger partial charge in [-0.05, 0) is 54.2 Å². The van der Waals surface area contributed by atoms with E-state index < -0.39 is 0 Å². The van der Waals surface area contributed by atoms with E-state index in [0.717, 1.165) is 17.0 Å². The molecule has 4 nitrogen and oxygen atoms in total. The van der Waals surface area contributed by atoms with Gasteiger partial charge < -0.3 is 14.8 Å². The minimum Gasteiger partial charge on any atom is -0.352 e. The molecule has 2 aromatic heterocycles. The highest BCUT2D eigenvalue weighted by molar-refractivity contribution is 7.80. The molecule has 0 amide bonds. The van der Waals surface area contributed by atoms with Crippen molar-refractivity contribution in [1.29, 1.82) is 0 Å². The summed E-state index contributed by atoms with van der Waals surface area (Å²) in [7, 11) is 0. The number of aromatic nitrogens is 2. The van der Waals surface area contributed by atoms with E-state index in [-0.39, 0.29) is 17.9 Å². The average molecular weight is 429 g/mol. The van der Waals surface area contributed by atoms with Gasteiger partial charge in [0.25, 0.3) is 0 Å². The molecule has 1 N–H and O–H groups in total. The van der Waals surface area contributed by atoms with Crippen LogP contribution in [0.1, 0.15) is 29.0 Å². The molecule has 6 heteroatoms. The normalized spacial score (nSPS) is 18.2. The zero-order valence-corrected chi connectivity index (χ0v) is 17.5. The fourth-order valence-electron chi connectivity index (χ4n) is 4.18. The number of rotatable bonds is 5. The summed E-state index contributed by atoms with van der Waals surface area (Å²) in [6.45, 7) is 0.642. The lowest BCUT2D eigenvalue weighted by atomic mass is 10.0. The van der Waals surface area contributed by atoms with E-state index in [1.54, 1.807) is 18.3 Å². The SMILES string of the molecule is Fc1ccccc1-n1cccc1[C@@H]1[C@@H](c2ccccn2)NC(=S)N1Cc1ccccc1. The maximum absolute atomic E-state index is 14.7. The molecular formula is C25H21FN4S. The van der Waals surface area contributed by atoms with Crippen molar-refractivity contribution >= 4 is 17.3 Å². The lowest BCUT2D eigenvalue weighted by molar-refractivity contribution is 0.302. The number of hydrogen-bond donors (Lipinski definition) is 1. The summed E-state index contributed by atoms with van der Waals surface area (Å²) < 4.78 is 16.6. The number of para-hydroxylation sites is 1. The van der Waals surface area contributed by atoms with Crippen molar-refractivity contribution < 1.29 is 4.39 Å². The van der Waals surface area contributed by atoms with E-state index in [4.69, 9.17) is 12.2 Å². The van der Waals surface area contributed by atoms with E-state index in [1.807, 2.05) is 65.4 Å². The lowest BCUT2D eigenvalue weighted by Gasteiger charge is -2.29. The van der Waals surface area contributed by atoms with Crippen molar-refractivity contribution in [2.45, 2.75) is 18.6 Å². The van der Waals surface area contributed by atoms with Crippen LogP contribution in [0.25, 0.3) is 5.69 Å². The molecule has 31 heavy (non-hydrogen) atoms. The molecule has 1 fully saturated rings. The van der Waals surface area contributed by atoms with Crippen LogP contribution in [0.2, 0.25) is 0 Å². The smallest absolute Gasteiger partial charge is 0.170 e. The Kier molecular flexibility index (Phi) is 5.22. The van der Waals surface area contributed by atoms with Crippen LogP contribution >= 0.6 is 12.2 Å². The van der Waals surface area contributed by atoms with Crippen molar-refractivity contribution in [3.8, 4) is 5.69 Å². The quantitative estimate of drug-likeness (QED) is 0.444. The first-order valence-corrected chi connectivity index (χ1v) is 10.6. The van der Waals surface area contributed by atoms with Crippen molar-refractivity contribution in [2.75, 3.05) is 0 Å². The fourth-order valence-corrected chi connectivity index (χ4v) is 4.48. The Morgan fingerprint density at radius 3 is 2.45 bits per heavy atom. The third-order valence-corrected chi connectivity index (χ3v) is 5.94. The Morgan fingerprint density at radius 1 is 0.903 bits per heavy atom. The van der Waals surface area contributed by atoms with E-state index in [9.17, 15) is 4.39 Å². The molecule has 4 aromatic rings. The molecule has 2 aromatic carbocycles. The van der Waals surface area contributed by atoms with E-state index in [2.05, 4.69) is 27.3 Å². The molecule has 0 unspecified atom stereocenters. The van der Waals surface area contributed by atoms with E-state index in [1.165, 1.54) is 6.07 Å². The molecule has 1 saturated heterocycles. The maximum Gasteiger partial charge on any atom is 0.170 e. The first kappa shape index (κ1) is 19.5. The van der Waals surface area contributed by atoms with Gasteiger partial charge in [0.15, 0.2) is 5.11 Å². The number of benzene rings is 2.